The molecule has 1 aromatic heterocycles. The summed E-state index contributed by atoms with van der Waals surface area (Å²) in [6.45, 7) is 1.94. The van der Waals surface area contributed by atoms with Gasteiger partial charge in [-0.15, -0.1) is 0 Å². The van der Waals surface area contributed by atoms with E-state index in [4.69, 9.17) is 14.6 Å². The van der Waals surface area contributed by atoms with Gasteiger partial charge in [0.25, 0.3) is 5.56 Å². The zero-order valence-corrected chi connectivity index (χ0v) is 15.6. The number of nitrogens with zero attached hydrogens (tertiary/aromatic N) is 1. The molecule has 7 nitrogen and oxygen atoms in total. The van der Waals surface area contributed by atoms with Crippen LogP contribution < -0.4 is 16.0 Å². The van der Waals surface area contributed by atoms with Crippen LogP contribution in [0, 0.1) is 6.92 Å². The lowest BCUT2D eigenvalue weighted by Crippen LogP contribution is -2.32. The molecular weight excluding hydrogens is 360 g/mol. The number of aryl methyl sites for hydroxylation is 1. The zero-order valence-electron chi connectivity index (χ0n) is 15.6. The standard InChI is InChI=1S/C21H22N2O5/c1-15-5-7-18(8-6-15)28-19-4-2-3-16(12-19)11-17-13-23(14-27-10-9-24)21(26)22-20(17)25/h2-8,12-13,24H,9-11,14H2,1H3,(H,22,25,26). The molecule has 0 amide bonds. The molecular formula is C21H22N2O5. The molecule has 1 heterocycles. The van der Waals surface area contributed by atoms with Gasteiger partial charge in [-0.05, 0) is 36.8 Å². The van der Waals surface area contributed by atoms with Gasteiger partial charge in [0.05, 0.1) is 13.2 Å². The predicted octanol–water partition coefficient (Wildman–Crippen LogP) is 2.19. The Hall–Kier alpha value is -3.16. The smallest absolute Gasteiger partial charge is 0.330 e. The first-order chi connectivity index (χ1) is 13.5. The minimum Gasteiger partial charge on any atom is -0.457 e. The second kappa shape index (κ2) is 9.16. The number of rotatable bonds is 8. The fraction of sp³-hybridized carbons (Fsp3) is 0.238. The van der Waals surface area contributed by atoms with Crippen molar-refractivity contribution in [1.29, 1.82) is 0 Å². The Morgan fingerprint density at radius 2 is 1.86 bits per heavy atom. The summed E-state index contributed by atoms with van der Waals surface area (Å²) in [4.78, 5) is 26.3. The maximum atomic E-state index is 12.2. The van der Waals surface area contributed by atoms with E-state index in [1.807, 2.05) is 55.5 Å². The van der Waals surface area contributed by atoms with Crippen LogP contribution in [-0.4, -0.2) is 27.9 Å². The van der Waals surface area contributed by atoms with Crippen LogP contribution in [0.1, 0.15) is 16.7 Å². The summed E-state index contributed by atoms with van der Waals surface area (Å²) in [5.41, 5.74) is 1.46. The van der Waals surface area contributed by atoms with Crippen LogP contribution in [0.2, 0.25) is 0 Å². The average Bonchev–Trinajstić information content (AvgIpc) is 2.67. The molecule has 0 saturated heterocycles. The Morgan fingerprint density at radius 1 is 1.07 bits per heavy atom. The first-order valence-corrected chi connectivity index (χ1v) is 8.90. The van der Waals surface area contributed by atoms with Gasteiger partial charge >= 0.3 is 5.69 Å². The van der Waals surface area contributed by atoms with Gasteiger partial charge in [0.15, 0.2) is 0 Å². The van der Waals surface area contributed by atoms with Gasteiger partial charge in [0.2, 0.25) is 0 Å². The van der Waals surface area contributed by atoms with Crippen LogP contribution in [0.25, 0.3) is 0 Å². The molecule has 7 heteroatoms. The molecule has 0 fully saturated rings. The van der Waals surface area contributed by atoms with Gasteiger partial charge < -0.3 is 14.6 Å². The van der Waals surface area contributed by atoms with Gasteiger partial charge in [-0.1, -0.05) is 29.8 Å². The maximum Gasteiger partial charge on any atom is 0.330 e. The SMILES string of the molecule is Cc1ccc(Oc2cccc(Cc3cn(COCCO)c(=O)[nH]c3=O)c2)cc1. The molecule has 2 aromatic carbocycles. The van der Waals surface area contributed by atoms with Crippen LogP contribution >= 0.6 is 0 Å². The molecule has 0 spiro atoms. The number of aliphatic hydroxyl groups excluding tert-OH is 1. The molecule has 0 aliphatic rings. The van der Waals surface area contributed by atoms with E-state index in [1.165, 1.54) is 10.8 Å². The number of hydrogen-bond donors (Lipinski definition) is 2. The molecule has 146 valence electrons. The molecule has 3 aromatic rings. The van der Waals surface area contributed by atoms with Crippen LogP contribution in [0.4, 0.5) is 0 Å². The predicted molar refractivity (Wildman–Crippen MR) is 105 cm³/mol. The summed E-state index contributed by atoms with van der Waals surface area (Å²) in [6, 6.07) is 15.2. The average molecular weight is 382 g/mol. The number of nitrogens with one attached hydrogen (secondary N) is 1. The second-order valence-electron chi connectivity index (χ2n) is 6.38. The summed E-state index contributed by atoms with van der Waals surface area (Å²) in [6.07, 6.45) is 1.81. The summed E-state index contributed by atoms with van der Waals surface area (Å²) in [5.74, 6) is 1.40. The lowest BCUT2D eigenvalue weighted by atomic mass is 10.1. The number of aliphatic hydroxyl groups is 1. The lowest BCUT2D eigenvalue weighted by Gasteiger charge is -2.10. The summed E-state index contributed by atoms with van der Waals surface area (Å²) >= 11 is 0. The van der Waals surface area contributed by atoms with Crippen molar-refractivity contribution >= 4 is 0 Å². The van der Waals surface area contributed by atoms with Crippen LogP contribution in [0.3, 0.4) is 0 Å². The van der Waals surface area contributed by atoms with Crippen molar-refractivity contribution in [3.05, 3.63) is 92.3 Å². The fourth-order valence-corrected chi connectivity index (χ4v) is 2.69. The highest BCUT2D eigenvalue weighted by atomic mass is 16.5. The Bertz CT molecular complexity index is 1040. The molecule has 0 unspecified atom stereocenters. The van der Waals surface area contributed by atoms with Crippen molar-refractivity contribution in [1.82, 2.24) is 9.55 Å². The van der Waals surface area contributed by atoms with Crippen LogP contribution in [0.5, 0.6) is 11.5 Å². The number of H-pyrrole nitrogens is 1. The molecule has 0 aliphatic heterocycles. The van der Waals surface area contributed by atoms with E-state index >= 15 is 0 Å². The van der Waals surface area contributed by atoms with Gasteiger partial charge in [0, 0.05) is 18.2 Å². The third kappa shape index (κ3) is 5.18. The zero-order chi connectivity index (χ0) is 19.9. The maximum absolute atomic E-state index is 12.2. The Kier molecular flexibility index (Phi) is 6.41. The summed E-state index contributed by atoms with van der Waals surface area (Å²) in [5, 5.41) is 8.77. The van der Waals surface area contributed by atoms with Crippen molar-refractivity contribution in [2.75, 3.05) is 13.2 Å². The van der Waals surface area contributed by atoms with Crippen molar-refractivity contribution in [3.8, 4) is 11.5 Å². The molecule has 0 atom stereocenters. The normalized spacial score (nSPS) is 10.8. The van der Waals surface area contributed by atoms with Crippen LogP contribution in [-0.2, 0) is 17.9 Å². The molecule has 0 saturated carbocycles. The minimum absolute atomic E-state index is 0.0419. The highest BCUT2D eigenvalue weighted by Gasteiger charge is 2.07. The number of aromatic amines is 1. The van der Waals surface area contributed by atoms with Crippen molar-refractivity contribution in [2.45, 2.75) is 20.1 Å². The van der Waals surface area contributed by atoms with Gasteiger partial charge in [-0.2, -0.15) is 0 Å². The van der Waals surface area contributed by atoms with E-state index in [9.17, 15) is 9.59 Å². The second-order valence-corrected chi connectivity index (χ2v) is 6.38. The highest BCUT2D eigenvalue weighted by molar-refractivity contribution is 5.36. The molecule has 0 radical (unpaired) electrons. The van der Waals surface area contributed by atoms with Gasteiger partial charge in [0.1, 0.15) is 18.2 Å². The number of hydrogen-bond acceptors (Lipinski definition) is 5. The Morgan fingerprint density at radius 3 is 2.61 bits per heavy atom. The third-order valence-electron chi connectivity index (χ3n) is 4.10. The quantitative estimate of drug-likeness (QED) is 0.583. The number of aromatic nitrogens is 2. The summed E-state index contributed by atoms with van der Waals surface area (Å²) in [7, 11) is 0. The molecule has 0 aliphatic carbocycles. The minimum atomic E-state index is -0.553. The number of benzene rings is 2. The van der Waals surface area contributed by atoms with Crippen molar-refractivity contribution < 1.29 is 14.6 Å². The van der Waals surface area contributed by atoms with Crippen LogP contribution in [0.15, 0.2) is 64.3 Å². The first kappa shape index (κ1) is 19.6. The molecule has 0 bridgehead atoms. The van der Waals surface area contributed by atoms with E-state index < -0.39 is 11.2 Å². The first-order valence-electron chi connectivity index (χ1n) is 8.90. The highest BCUT2D eigenvalue weighted by Crippen LogP contribution is 2.23. The molecule has 28 heavy (non-hydrogen) atoms. The monoisotopic (exact) mass is 382 g/mol. The Balaban J connectivity index is 1.78. The molecule has 3 rings (SSSR count). The molecule has 2 N–H and O–H groups in total. The summed E-state index contributed by atoms with van der Waals surface area (Å²) < 4.78 is 12.3. The third-order valence-corrected chi connectivity index (χ3v) is 4.10. The van der Waals surface area contributed by atoms with E-state index in [0.717, 1.165) is 16.9 Å². The topological polar surface area (TPSA) is 93.6 Å². The van der Waals surface area contributed by atoms with E-state index in [0.29, 0.717) is 17.7 Å². The van der Waals surface area contributed by atoms with E-state index in [2.05, 4.69) is 4.98 Å². The van der Waals surface area contributed by atoms with E-state index in [-0.39, 0.29) is 19.9 Å². The number of ether oxygens (including phenoxy) is 2. The largest absolute Gasteiger partial charge is 0.457 e. The van der Waals surface area contributed by atoms with E-state index in [1.54, 1.807) is 0 Å². The lowest BCUT2D eigenvalue weighted by molar-refractivity contribution is 0.0455. The van der Waals surface area contributed by atoms with Gasteiger partial charge in [-0.25, -0.2) is 4.79 Å². The van der Waals surface area contributed by atoms with Crippen molar-refractivity contribution in [3.63, 3.8) is 0 Å². The van der Waals surface area contributed by atoms with Crippen molar-refractivity contribution in [2.24, 2.45) is 0 Å². The fourth-order valence-electron chi connectivity index (χ4n) is 2.69. The van der Waals surface area contributed by atoms with Gasteiger partial charge in [-0.3, -0.25) is 14.3 Å². The Labute approximate surface area is 161 Å².